The summed E-state index contributed by atoms with van der Waals surface area (Å²) in [6.07, 6.45) is 12.6. The predicted molar refractivity (Wildman–Crippen MR) is 153 cm³/mol. The van der Waals surface area contributed by atoms with E-state index in [-0.39, 0.29) is 6.04 Å². The first-order valence-electron chi connectivity index (χ1n) is 12.3. The van der Waals surface area contributed by atoms with E-state index in [0.29, 0.717) is 0 Å². The Morgan fingerprint density at radius 1 is 1.19 bits per heavy atom. The van der Waals surface area contributed by atoms with Gasteiger partial charge in [0.2, 0.25) is 0 Å². The fourth-order valence-electron chi connectivity index (χ4n) is 3.19. The summed E-state index contributed by atoms with van der Waals surface area (Å²) in [6, 6.07) is 8.67. The Morgan fingerprint density at radius 3 is 2.31 bits per heavy atom. The quantitative estimate of drug-likeness (QED) is 0.191. The highest BCUT2D eigenvalue weighted by Gasteiger charge is 2.21. The summed E-state index contributed by atoms with van der Waals surface area (Å²) in [7, 11) is 0. The van der Waals surface area contributed by atoms with Crippen molar-refractivity contribution in [3.8, 4) is 0 Å². The van der Waals surface area contributed by atoms with Gasteiger partial charge in [0, 0.05) is 10.2 Å². The molecule has 32 heavy (non-hydrogen) atoms. The number of allylic oxidation sites excluding steroid dienone is 1. The molecule has 2 rings (SSSR count). The molecule has 1 fully saturated rings. The highest BCUT2D eigenvalue weighted by Crippen LogP contribution is 2.37. The van der Waals surface area contributed by atoms with Gasteiger partial charge in [0.1, 0.15) is 0 Å². The van der Waals surface area contributed by atoms with Crippen LogP contribution in [0.5, 0.6) is 0 Å². The molecular weight excluding hydrogens is 408 g/mol. The average Bonchev–Trinajstić information content (AvgIpc) is 2.82. The first kappa shape index (κ1) is 32.4. The van der Waals surface area contributed by atoms with Crippen LogP contribution in [0.2, 0.25) is 0 Å². The second-order valence-corrected chi connectivity index (χ2v) is 9.08. The molecule has 0 aromatic heterocycles. The van der Waals surface area contributed by atoms with Crippen molar-refractivity contribution in [2.24, 2.45) is 16.6 Å². The van der Waals surface area contributed by atoms with Gasteiger partial charge in [-0.05, 0) is 56.7 Å². The van der Waals surface area contributed by atoms with Gasteiger partial charge in [0.25, 0.3) is 0 Å². The van der Waals surface area contributed by atoms with Crippen molar-refractivity contribution in [3.05, 3.63) is 65.1 Å². The topological polar surface area (TPSA) is 38.4 Å². The molecule has 0 heterocycles. The number of benzene rings is 1. The number of hydrogen-bond acceptors (Lipinski definition) is 2. The molecule has 1 aromatic carbocycles. The van der Waals surface area contributed by atoms with Crippen LogP contribution in [0.15, 0.2) is 59.0 Å². The minimum absolute atomic E-state index is 0.167. The van der Waals surface area contributed by atoms with Gasteiger partial charge in [-0.3, -0.25) is 4.99 Å². The number of rotatable bonds is 7. The summed E-state index contributed by atoms with van der Waals surface area (Å²) < 4.78 is 0. The van der Waals surface area contributed by atoms with E-state index >= 15 is 0 Å². The zero-order valence-electron chi connectivity index (χ0n) is 22.2. The molecule has 0 aliphatic heterocycles. The molecule has 1 aliphatic carbocycles. The van der Waals surface area contributed by atoms with Crippen LogP contribution < -0.4 is 5.73 Å². The number of nitrogens with zero attached hydrogens (tertiary/aromatic N) is 1. The smallest absolute Gasteiger partial charge is 0.0805 e. The maximum atomic E-state index is 5.03. The molecule has 182 valence electrons. The summed E-state index contributed by atoms with van der Waals surface area (Å²) >= 11 is 1.98. The minimum Gasteiger partial charge on any atom is -0.390 e. The number of aryl methyl sites for hydroxylation is 1. The molecule has 3 unspecified atom stereocenters. The van der Waals surface area contributed by atoms with Gasteiger partial charge in [0.05, 0.1) is 12.4 Å². The largest absolute Gasteiger partial charge is 0.390 e. The lowest BCUT2D eigenvalue weighted by Gasteiger charge is -2.28. The molecule has 2 nitrogen and oxygen atoms in total. The Labute approximate surface area is 204 Å². The molecule has 3 heteroatoms. The van der Waals surface area contributed by atoms with E-state index in [0.717, 1.165) is 16.7 Å². The fraction of sp³-hybridized carbons (Fsp3) is 0.552. The average molecular weight is 459 g/mol. The monoisotopic (exact) mass is 458 g/mol. The van der Waals surface area contributed by atoms with Gasteiger partial charge in [-0.1, -0.05) is 103 Å². The van der Waals surface area contributed by atoms with E-state index in [2.05, 4.69) is 68.4 Å². The zero-order valence-corrected chi connectivity index (χ0v) is 23.0. The summed E-state index contributed by atoms with van der Waals surface area (Å²) in [5.41, 5.74) is 8.69. The van der Waals surface area contributed by atoms with Crippen LogP contribution in [-0.2, 0) is 0 Å². The van der Waals surface area contributed by atoms with Crippen LogP contribution in [0.3, 0.4) is 0 Å². The standard InChI is InChI=1S/C19H26S.C6H12N2.2C2H6/c1-4-17-9-7-11-19(14-17)20-16(3)12-13-18-10-6-5-8-15(18)2;1-5(2)6(3)8-4-7;2*1-2/h5-6,8,10,12-13,17,19H,3-4,7,9,11,14H2,1-2H3;4,6H,1H2,2-3H3,(H2,7,8);2*1-2H3/b13-12-;;;. The van der Waals surface area contributed by atoms with Crippen LogP contribution in [0, 0.1) is 12.8 Å². The highest BCUT2D eigenvalue weighted by molar-refractivity contribution is 8.03. The SMILES string of the molecule is C=C(/C=C\c1ccccc1C)SC1CCCC(CC)C1.C=C(C)C(C)N=CN.CC.CC. The molecule has 1 aromatic rings. The Bertz CT molecular complexity index is 675. The lowest BCUT2D eigenvalue weighted by Crippen LogP contribution is -2.16. The van der Waals surface area contributed by atoms with Gasteiger partial charge in [-0.15, -0.1) is 11.8 Å². The van der Waals surface area contributed by atoms with Crippen molar-refractivity contribution < 1.29 is 0 Å². The van der Waals surface area contributed by atoms with E-state index < -0.39 is 0 Å². The number of aliphatic imine (C=N–C) groups is 1. The maximum absolute atomic E-state index is 5.03. The number of thioether (sulfide) groups is 1. The fourth-order valence-corrected chi connectivity index (χ4v) is 4.41. The molecule has 0 amide bonds. The van der Waals surface area contributed by atoms with E-state index in [9.17, 15) is 0 Å². The van der Waals surface area contributed by atoms with Crippen molar-refractivity contribution in [1.29, 1.82) is 0 Å². The molecule has 1 saturated carbocycles. The molecular formula is C29H50N2S. The molecule has 0 radical (unpaired) electrons. The van der Waals surface area contributed by atoms with E-state index in [1.54, 1.807) is 0 Å². The number of hydrogen-bond donors (Lipinski definition) is 1. The third kappa shape index (κ3) is 15.1. The third-order valence-corrected chi connectivity index (χ3v) is 6.49. The Balaban J connectivity index is 0. The van der Waals surface area contributed by atoms with Crippen LogP contribution >= 0.6 is 11.8 Å². The van der Waals surface area contributed by atoms with E-state index in [1.165, 1.54) is 54.5 Å². The van der Waals surface area contributed by atoms with Gasteiger partial charge >= 0.3 is 0 Å². The van der Waals surface area contributed by atoms with Gasteiger partial charge in [-0.25, -0.2) is 0 Å². The van der Waals surface area contributed by atoms with Crippen LogP contribution in [0.4, 0.5) is 0 Å². The summed E-state index contributed by atoms with van der Waals surface area (Å²) in [6.45, 7) is 24.3. The van der Waals surface area contributed by atoms with Crippen LogP contribution in [-0.4, -0.2) is 17.6 Å². The summed E-state index contributed by atoms with van der Waals surface area (Å²) in [5, 5.41) is 0.780. The van der Waals surface area contributed by atoms with E-state index in [4.69, 9.17) is 5.73 Å². The molecule has 0 spiro atoms. The molecule has 3 atom stereocenters. The Morgan fingerprint density at radius 2 is 1.81 bits per heavy atom. The first-order valence-corrected chi connectivity index (χ1v) is 13.2. The zero-order chi connectivity index (χ0) is 24.9. The van der Waals surface area contributed by atoms with Crippen molar-refractivity contribution in [2.75, 3.05) is 0 Å². The normalized spacial score (nSPS) is 18.4. The second kappa shape index (κ2) is 21.1. The summed E-state index contributed by atoms with van der Waals surface area (Å²) in [5.74, 6) is 0.939. The lowest BCUT2D eigenvalue weighted by atomic mass is 9.87. The highest BCUT2D eigenvalue weighted by atomic mass is 32.2. The number of nitrogens with two attached hydrogens (primary N) is 1. The van der Waals surface area contributed by atoms with Crippen molar-refractivity contribution in [3.63, 3.8) is 0 Å². The van der Waals surface area contributed by atoms with Crippen LogP contribution in [0.1, 0.15) is 91.7 Å². The Kier molecular flexibility index (Phi) is 21.4. The molecule has 2 N–H and O–H groups in total. The second-order valence-electron chi connectivity index (χ2n) is 7.66. The van der Waals surface area contributed by atoms with Crippen LogP contribution in [0.25, 0.3) is 6.08 Å². The minimum atomic E-state index is 0.167. The maximum Gasteiger partial charge on any atom is 0.0805 e. The summed E-state index contributed by atoms with van der Waals surface area (Å²) in [4.78, 5) is 5.08. The van der Waals surface area contributed by atoms with E-state index in [1.807, 2.05) is 53.3 Å². The van der Waals surface area contributed by atoms with Gasteiger partial charge in [-0.2, -0.15) is 0 Å². The van der Waals surface area contributed by atoms with Crippen molar-refractivity contribution in [2.45, 2.75) is 98.8 Å². The molecule has 0 saturated heterocycles. The Hall–Kier alpha value is -1.74. The lowest BCUT2D eigenvalue weighted by molar-refractivity contribution is 0.358. The van der Waals surface area contributed by atoms with Gasteiger partial charge < -0.3 is 5.73 Å². The van der Waals surface area contributed by atoms with Gasteiger partial charge in [0.15, 0.2) is 0 Å². The third-order valence-electron chi connectivity index (χ3n) is 5.29. The van der Waals surface area contributed by atoms with Crippen molar-refractivity contribution in [1.82, 2.24) is 0 Å². The van der Waals surface area contributed by atoms with Crippen molar-refractivity contribution >= 4 is 24.2 Å². The molecule has 1 aliphatic rings. The predicted octanol–water partition coefficient (Wildman–Crippen LogP) is 9.21. The molecule has 0 bridgehead atoms. The first-order chi connectivity index (χ1) is 15.4.